The molecule has 2 N–H and O–H groups in total. The molecule has 0 aliphatic carbocycles. The van der Waals surface area contributed by atoms with Gasteiger partial charge in [-0.15, -0.1) is 0 Å². The third-order valence-corrected chi connectivity index (χ3v) is 3.80. The minimum Gasteiger partial charge on any atom is -0.372 e. The molecule has 1 aromatic rings. The molecule has 0 bridgehead atoms. The Bertz CT molecular complexity index is 473. The van der Waals surface area contributed by atoms with Crippen LogP contribution in [0.3, 0.4) is 0 Å². The lowest BCUT2D eigenvalue weighted by molar-refractivity contribution is -0.125. The fourth-order valence-electron chi connectivity index (χ4n) is 2.76. The van der Waals surface area contributed by atoms with Crippen molar-refractivity contribution in [3.05, 3.63) is 34.9 Å². The van der Waals surface area contributed by atoms with Crippen molar-refractivity contribution >= 4 is 5.91 Å². The molecule has 96 valence electrons. The Balaban J connectivity index is 1.87. The summed E-state index contributed by atoms with van der Waals surface area (Å²) in [5.41, 5.74) is 3.84. The van der Waals surface area contributed by atoms with Crippen molar-refractivity contribution in [2.45, 2.75) is 38.6 Å². The van der Waals surface area contributed by atoms with Crippen molar-refractivity contribution in [3.8, 4) is 0 Å². The van der Waals surface area contributed by atoms with Crippen LogP contribution in [0.15, 0.2) is 18.2 Å². The highest BCUT2D eigenvalue weighted by molar-refractivity contribution is 5.82. The molecule has 2 aliphatic rings. The first-order valence-electron chi connectivity index (χ1n) is 6.51. The van der Waals surface area contributed by atoms with Crippen LogP contribution >= 0.6 is 0 Å². The van der Waals surface area contributed by atoms with E-state index in [9.17, 15) is 4.79 Å². The van der Waals surface area contributed by atoms with E-state index < -0.39 is 0 Å². The van der Waals surface area contributed by atoms with Crippen LogP contribution < -0.4 is 10.6 Å². The van der Waals surface area contributed by atoms with Gasteiger partial charge in [0.15, 0.2) is 0 Å². The van der Waals surface area contributed by atoms with Gasteiger partial charge in [-0.25, -0.2) is 0 Å². The molecule has 0 aromatic heterocycles. The molecule has 4 nitrogen and oxygen atoms in total. The molecular formula is C14H18N2O2. The van der Waals surface area contributed by atoms with Crippen molar-refractivity contribution in [2.75, 3.05) is 6.54 Å². The van der Waals surface area contributed by atoms with Crippen LogP contribution in [0.4, 0.5) is 0 Å². The fourth-order valence-corrected chi connectivity index (χ4v) is 2.76. The number of nitrogens with one attached hydrogen (secondary N) is 2. The number of piperazine rings is 1. The van der Waals surface area contributed by atoms with Gasteiger partial charge >= 0.3 is 0 Å². The normalized spacial score (nSPS) is 26.8. The summed E-state index contributed by atoms with van der Waals surface area (Å²) in [6.45, 7) is 4.08. The van der Waals surface area contributed by atoms with Crippen LogP contribution in [-0.4, -0.2) is 18.5 Å². The lowest BCUT2D eigenvalue weighted by Gasteiger charge is -2.31. The highest BCUT2D eigenvalue weighted by atomic mass is 16.5. The highest BCUT2D eigenvalue weighted by Crippen LogP contribution is 2.28. The molecule has 1 saturated heterocycles. The first-order valence-corrected chi connectivity index (χ1v) is 6.51. The Morgan fingerprint density at radius 3 is 3.11 bits per heavy atom. The second-order valence-corrected chi connectivity index (χ2v) is 4.90. The zero-order chi connectivity index (χ0) is 12.5. The summed E-state index contributed by atoms with van der Waals surface area (Å²) in [5.74, 6) is 0.109. The van der Waals surface area contributed by atoms with Gasteiger partial charge < -0.3 is 10.1 Å². The summed E-state index contributed by atoms with van der Waals surface area (Å²) >= 11 is 0. The summed E-state index contributed by atoms with van der Waals surface area (Å²) in [5, 5.41) is 6.41. The molecule has 18 heavy (non-hydrogen) atoms. The van der Waals surface area contributed by atoms with E-state index in [0.29, 0.717) is 19.8 Å². The van der Waals surface area contributed by atoms with E-state index in [0.717, 1.165) is 6.42 Å². The zero-order valence-corrected chi connectivity index (χ0v) is 10.5. The second-order valence-electron chi connectivity index (χ2n) is 4.90. The van der Waals surface area contributed by atoms with Crippen molar-refractivity contribution < 1.29 is 9.53 Å². The Labute approximate surface area is 107 Å². The first kappa shape index (κ1) is 11.7. The van der Waals surface area contributed by atoms with Crippen molar-refractivity contribution in [1.29, 1.82) is 0 Å². The molecule has 2 heterocycles. The van der Waals surface area contributed by atoms with Crippen molar-refractivity contribution in [2.24, 2.45) is 0 Å². The average molecular weight is 246 g/mol. The van der Waals surface area contributed by atoms with Crippen LogP contribution in [-0.2, 0) is 22.7 Å². The molecule has 0 spiro atoms. The average Bonchev–Trinajstić information content (AvgIpc) is 2.87. The van der Waals surface area contributed by atoms with E-state index in [2.05, 4.69) is 28.8 Å². The first-order chi connectivity index (χ1) is 8.79. The summed E-state index contributed by atoms with van der Waals surface area (Å²) in [7, 11) is 0. The minimum atomic E-state index is -0.0815. The standard InChI is InChI=1S/C14H18N2O2/c1-2-12-14(17)15-6-13(16-12)10-5-3-4-9-7-18-8-11(9)10/h3-5,12-13,16H,2,6-8H2,1H3,(H,15,17). The summed E-state index contributed by atoms with van der Waals surface area (Å²) < 4.78 is 5.51. The van der Waals surface area contributed by atoms with E-state index in [1.54, 1.807) is 0 Å². The lowest BCUT2D eigenvalue weighted by Crippen LogP contribution is -2.54. The molecule has 2 aliphatic heterocycles. The number of carbonyl (C=O) groups excluding carboxylic acids is 1. The summed E-state index contributed by atoms with van der Waals surface area (Å²) in [6.07, 6.45) is 0.813. The van der Waals surface area contributed by atoms with E-state index in [4.69, 9.17) is 4.74 Å². The Hall–Kier alpha value is -1.39. The predicted octanol–water partition coefficient (Wildman–Crippen LogP) is 1.26. The number of hydrogen-bond acceptors (Lipinski definition) is 3. The molecule has 4 heteroatoms. The van der Waals surface area contributed by atoms with Crippen LogP contribution in [0.2, 0.25) is 0 Å². The zero-order valence-electron chi connectivity index (χ0n) is 10.5. The number of benzene rings is 1. The third kappa shape index (κ3) is 1.91. The summed E-state index contributed by atoms with van der Waals surface area (Å²) in [6, 6.07) is 6.44. The van der Waals surface area contributed by atoms with Crippen LogP contribution in [0, 0.1) is 0 Å². The van der Waals surface area contributed by atoms with Gasteiger partial charge in [0.05, 0.1) is 25.3 Å². The molecule has 2 atom stereocenters. The molecule has 0 saturated carbocycles. The largest absolute Gasteiger partial charge is 0.372 e. The Morgan fingerprint density at radius 1 is 1.39 bits per heavy atom. The summed E-state index contributed by atoms with van der Waals surface area (Å²) in [4.78, 5) is 11.6. The number of amides is 1. The van der Waals surface area contributed by atoms with Gasteiger partial charge in [0.2, 0.25) is 5.91 Å². The Kier molecular flexibility index (Phi) is 3.06. The number of hydrogen-bond donors (Lipinski definition) is 2. The van der Waals surface area contributed by atoms with Gasteiger partial charge in [-0.05, 0) is 23.1 Å². The van der Waals surface area contributed by atoms with Crippen LogP contribution in [0.1, 0.15) is 36.1 Å². The van der Waals surface area contributed by atoms with Crippen LogP contribution in [0.5, 0.6) is 0 Å². The van der Waals surface area contributed by atoms with Gasteiger partial charge in [0, 0.05) is 6.54 Å². The third-order valence-electron chi connectivity index (χ3n) is 3.80. The molecule has 3 rings (SSSR count). The van der Waals surface area contributed by atoms with E-state index >= 15 is 0 Å². The quantitative estimate of drug-likeness (QED) is 0.826. The smallest absolute Gasteiger partial charge is 0.237 e. The van der Waals surface area contributed by atoms with E-state index in [-0.39, 0.29) is 18.0 Å². The van der Waals surface area contributed by atoms with Gasteiger partial charge in [-0.3, -0.25) is 10.1 Å². The number of fused-ring (bicyclic) bond motifs is 1. The Morgan fingerprint density at radius 2 is 2.28 bits per heavy atom. The minimum absolute atomic E-state index is 0.0815. The van der Waals surface area contributed by atoms with E-state index in [1.165, 1.54) is 16.7 Å². The number of carbonyl (C=O) groups is 1. The lowest BCUT2D eigenvalue weighted by atomic mass is 9.95. The second kappa shape index (κ2) is 4.71. The molecule has 2 unspecified atom stereocenters. The van der Waals surface area contributed by atoms with Gasteiger partial charge in [-0.2, -0.15) is 0 Å². The maximum atomic E-state index is 11.6. The van der Waals surface area contributed by atoms with Crippen molar-refractivity contribution in [1.82, 2.24) is 10.6 Å². The fraction of sp³-hybridized carbons (Fsp3) is 0.500. The molecule has 1 amide bonds. The maximum Gasteiger partial charge on any atom is 0.237 e. The topological polar surface area (TPSA) is 50.4 Å². The SMILES string of the molecule is CCC1NC(c2cccc3c2COC3)CNC1=O. The maximum absolute atomic E-state index is 11.6. The molecule has 1 fully saturated rings. The number of ether oxygens (including phenoxy) is 1. The predicted molar refractivity (Wildman–Crippen MR) is 67.9 cm³/mol. The van der Waals surface area contributed by atoms with Crippen molar-refractivity contribution in [3.63, 3.8) is 0 Å². The number of rotatable bonds is 2. The molecule has 1 aromatic carbocycles. The van der Waals surface area contributed by atoms with Gasteiger partial charge in [0.1, 0.15) is 0 Å². The van der Waals surface area contributed by atoms with Crippen LogP contribution in [0.25, 0.3) is 0 Å². The van der Waals surface area contributed by atoms with E-state index in [1.807, 2.05) is 6.92 Å². The highest BCUT2D eigenvalue weighted by Gasteiger charge is 2.29. The molecule has 0 radical (unpaired) electrons. The van der Waals surface area contributed by atoms with Gasteiger partial charge in [0.25, 0.3) is 0 Å². The van der Waals surface area contributed by atoms with Gasteiger partial charge in [-0.1, -0.05) is 25.1 Å². The molecular weight excluding hydrogens is 228 g/mol. The monoisotopic (exact) mass is 246 g/mol.